The monoisotopic (exact) mass is 405 g/mol. The molecule has 1 aliphatic rings. The molecule has 1 unspecified atom stereocenters. The molecule has 0 fully saturated rings. The van der Waals surface area contributed by atoms with Gasteiger partial charge in [0.2, 0.25) is 5.79 Å². The number of nitrogens with one attached hydrogen (secondary N) is 2. The fourth-order valence-electron chi connectivity index (χ4n) is 3.43. The van der Waals surface area contributed by atoms with Gasteiger partial charge in [0.05, 0.1) is 29.5 Å². The Bertz CT molecular complexity index is 1120. The number of aliphatic imine (C=N–C) groups is 1. The van der Waals surface area contributed by atoms with Crippen molar-refractivity contribution in [2.24, 2.45) is 23.5 Å². The van der Waals surface area contributed by atoms with Crippen LogP contribution in [0.5, 0.6) is 5.75 Å². The highest BCUT2D eigenvalue weighted by Crippen LogP contribution is 2.41. The van der Waals surface area contributed by atoms with Gasteiger partial charge >= 0.3 is 6.18 Å². The average Bonchev–Trinajstić information content (AvgIpc) is 3.27. The number of fused-ring (bicyclic) bond motifs is 1. The second-order valence-corrected chi connectivity index (χ2v) is 6.59. The maximum Gasteiger partial charge on any atom is 0.418 e. The van der Waals surface area contributed by atoms with Gasteiger partial charge in [-0.3, -0.25) is 10.4 Å². The number of nitrogens with two attached hydrogens (primary N) is 2. The maximum atomic E-state index is 13.2. The molecule has 6 N–H and O–H groups in total. The van der Waals surface area contributed by atoms with E-state index >= 15 is 0 Å². The Morgan fingerprint density at radius 2 is 2.00 bits per heavy atom. The van der Waals surface area contributed by atoms with Crippen molar-refractivity contribution in [2.75, 3.05) is 12.4 Å². The number of alkyl halides is 3. The molecule has 11 heteroatoms. The summed E-state index contributed by atoms with van der Waals surface area (Å²) in [5.41, 5.74) is 13.2. The lowest BCUT2D eigenvalue weighted by molar-refractivity contribution is -0.137. The van der Waals surface area contributed by atoms with Crippen molar-refractivity contribution in [2.45, 2.75) is 12.0 Å². The molecule has 0 spiro atoms. The number of nitrogens with zero attached hydrogens (tertiary/aromatic N) is 3. The lowest BCUT2D eigenvalue weighted by Crippen LogP contribution is -2.48. The highest BCUT2D eigenvalue weighted by Gasteiger charge is 2.42. The number of benzene rings is 1. The zero-order valence-electron chi connectivity index (χ0n) is 15.5. The standard InChI is InChI=1S/C18H18F3N7O/c1-28-12(5-6-25-28)9-3-4-10(13(7-9)29-2)18(23)26-15(22)14-11(17(19,20)21)8-24-16(14)27-18/h3-8,24,27H,23H2,1-2H3,(H2,22,26). The number of aryl methyl sites for hydroxylation is 1. The molecule has 152 valence electrons. The third-order valence-corrected chi connectivity index (χ3v) is 4.78. The molecule has 0 amide bonds. The van der Waals surface area contributed by atoms with Gasteiger partial charge in [0, 0.05) is 25.0 Å². The van der Waals surface area contributed by atoms with Crippen LogP contribution in [0.15, 0.2) is 41.7 Å². The molecule has 29 heavy (non-hydrogen) atoms. The fourth-order valence-corrected chi connectivity index (χ4v) is 3.43. The second-order valence-electron chi connectivity index (χ2n) is 6.59. The van der Waals surface area contributed by atoms with Crippen molar-refractivity contribution in [3.63, 3.8) is 0 Å². The number of methoxy groups -OCH3 is 1. The highest BCUT2D eigenvalue weighted by atomic mass is 19.4. The lowest BCUT2D eigenvalue weighted by Gasteiger charge is -2.33. The molecule has 0 bridgehead atoms. The Morgan fingerprint density at radius 1 is 1.24 bits per heavy atom. The van der Waals surface area contributed by atoms with E-state index in [4.69, 9.17) is 16.2 Å². The quantitative estimate of drug-likeness (QED) is 0.533. The number of ether oxygens (including phenoxy) is 1. The first kappa shape index (κ1) is 18.9. The molecule has 8 nitrogen and oxygen atoms in total. The van der Waals surface area contributed by atoms with Gasteiger partial charge in [0.25, 0.3) is 0 Å². The van der Waals surface area contributed by atoms with Crippen LogP contribution in [0.4, 0.5) is 19.0 Å². The van der Waals surface area contributed by atoms with Crippen LogP contribution < -0.4 is 21.5 Å². The summed E-state index contributed by atoms with van der Waals surface area (Å²) in [6.45, 7) is 0. The molecule has 0 saturated heterocycles. The third kappa shape index (κ3) is 2.99. The van der Waals surface area contributed by atoms with E-state index in [-0.39, 0.29) is 17.2 Å². The zero-order chi connectivity index (χ0) is 21.0. The van der Waals surface area contributed by atoms with Crippen molar-refractivity contribution in [3.8, 4) is 17.0 Å². The Balaban J connectivity index is 1.79. The number of aromatic nitrogens is 3. The van der Waals surface area contributed by atoms with Crippen molar-refractivity contribution in [3.05, 3.63) is 53.3 Å². The molecule has 3 aromatic rings. The first-order valence-electron chi connectivity index (χ1n) is 8.52. The zero-order valence-corrected chi connectivity index (χ0v) is 15.5. The summed E-state index contributed by atoms with van der Waals surface area (Å²) in [4.78, 5) is 6.68. The van der Waals surface area contributed by atoms with E-state index in [1.54, 1.807) is 36.1 Å². The molecule has 1 atom stereocenters. The van der Waals surface area contributed by atoms with Gasteiger partial charge in [0.1, 0.15) is 17.4 Å². The smallest absolute Gasteiger partial charge is 0.418 e. The van der Waals surface area contributed by atoms with Crippen LogP contribution in [0.3, 0.4) is 0 Å². The predicted molar refractivity (Wildman–Crippen MR) is 101 cm³/mol. The predicted octanol–water partition coefficient (Wildman–Crippen LogP) is 2.34. The van der Waals surface area contributed by atoms with Crippen LogP contribution in [0.25, 0.3) is 11.3 Å². The number of hydrogen-bond donors (Lipinski definition) is 4. The number of H-pyrrole nitrogens is 1. The number of hydrogen-bond acceptors (Lipinski definition) is 6. The minimum Gasteiger partial charge on any atom is -0.496 e. The Kier molecular flexibility index (Phi) is 4.08. The number of amidine groups is 1. The summed E-state index contributed by atoms with van der Waals surface area (Å²) >= 11 is 0. The largest absolute Gasteiger partial charge is 0.496 e. The minimum absolute atomic E-state index is 0.0325. The van der Waals surface area contributed by atoms with Crippen LogP contribution in [0.2, 0.25) is 0 Å². The van der Waals surface area contributed by atoms with Crippen LogP contribution in [0, 0.1) is 0 Å². The van der Waals surface area contributed by atoms with Crippen molar-refractivity contribution < 1.29 is 17.9 Å². The van der Waals surface area contributed by atoms with E-state index in [0.717, 1.165) is 17.5 Å². The third-order valence-electron chi connectivity index (χ3n) is 4.78. The van der Waals surface area contributed by atoms with Crippen LogP contribution in [-0.4, -0.2) is 27.7 Å². The second kappa shape index (κ2) is 6.27. The summed E-state index contributed by atoms with van der Waals surface area (Å²) < 4.78 is 46.8. The molecule has 1 aromatic carbocycles. The molecule has 1 aliphatic heterocycles. The van der Waals surface area contributed by atoms with Crippen LogP contribution >= 0.6 is 0 Å². The van der Waals surface area contributed by atoms with Crippen LogP contribution in [-0.2, 0) is 19.0 Å². The first-order chi connectivity index (χ1) is 13.6. The number of halogens is 3. The number of aromatic amines is 1. The number of anilines is 1. The van der Waals surface area contributed by atoms with Crippen molar-refractivity contribution in [1.29, 1.82) is 0 Å². The molecular formula is C18H18F3N7O. The van der Waals surface area contributed by atoms with Gasteiger partial charge in [-0.25, -0.2) is 4.99 Å². The number of rotatable bonds is 3. The van der Waals surface area contributed by atoms with E-state index in [9.17, 15) is 13.2 Å². The topological polar surface area (TPSA) is 119 Å². The molecule has 0 aliphatic carbocycles. The van der Waals surface area contributed by atoms with Crippen molar-refractivity contribution in [1.82, 2.24) is 14.8 Å². The minimum atomic E-state index is -4.58. The van der Waals surface area contributed by atoms with E-state index in [1.807, 2.05) is 6.07 Å². The van der Waals surface area contributed by atoms with E-state index < -0.39 is 17.5 Å². The summed E-state index contributed by atoms with van der Waals surface area (Å²) in [6.07, 6.45) is -2.09. The van der Waals surface area contributed by atoms with Crippen molar-refractivity contribution >= 4 is 11.7 Å². The van der Waals surface area contributed by atoms with Gasteiger partial charge in [-0.2, -0.15) is 18.3 Å². The molecular weight excluding hydrogens is 387 g/mol. The molecule has 3 heterocycles. The molecule has 2 aromatic heterocycles. The lowest BCUT2D eigenvalue weighted by atomic mass is 10.0. The van der Waals surface area contributed by atoms with E-state index in [0.29, 0.717) is 11.3 Å². The van der Waals surface area contributed by atoms with Gasteiger partial charge in [0.15, 0.2) is 0 Å². The Labute approximate surface area is 163 Å². The first-order valence-corrected chi connectivity index (χ1v) is 8.52. The SMILES string of the molecule is COc1cc(-c2ccnn2C)ccc1C1(N)N=C(N)c2c(C(F)(F)F)c[nH]c2N1. The van der Waals surface area contributed by atoms with Gasteiger partial charge < -0.3 is 20.8 Å². The molecule has 0 saturated carbocycles. The van der Waals surface area contributed by atoms with Gasteiger partial charge in [-0.1, -0.05) is 6.07 Å². The maximum absolute atomic E-state index is 13.2. The molecule has 0 radical (unpaired) electrons. The van der Waals surface area contributed by atoms with Gasteiger partial charge in [-0.05, 0) is 18.2 Å². The summed E-state index contributed by atoms with van der Waals surface area (Å²) in [7, 11) is 3.27. The fraction of sp³-hybridized carbons (Fsp3) is 0.222. The molecule has 4 rings (SSSR count). The van der Waals surface area contributed by atoms with Gasteiger partial charge in [-0.15, -0.1) is 0 Å². The van der Waals surface area contributed by atoms with E-state index in [1.165, 1.54) is 7.11 Å². The van der Waals surface area contributed by atoms with E-state index in [2.05, 4.69) is 20.4 Å². The Morgan fingerprint density at radius 3 is 2.62 bits per heavy atom. The highest BCUT2D eigenvalue weighted by molar-refractivity contribution is 6.05. The van der Waals surface area contributed by atoms with Crippen LogP contribution in [0.1, 0.15) is 16.7 Å². The summed E-state index contributed by atoms with van der Waals surface area (Å²) in [5.74, 6) is -1.53. The summed E-state index contributed by atoms with van der Waals surface area (Å²) in [5, 5.41) is 6.95. The summed E-state index contributed by atoms with van der Waals surface area (Å²) in [6, 6.07) is 7.07. The Hall–Kier alpha value is -3.47. The normalized spacial score (nSPS) is 18.8. The average molecular weight is 405 g/mol.